The van der Waals surface area contributed by atoms with E-state index in [9.17, 15) is 23.1 Å². The van der Waals surface area contributed by atoms with Crippen molar-refractivity contribution in [1.29, 1.82) is 0 Å². The first-order valence-electron chi connectivity index (χ1n) is 17.6. The predicted octanol–water partition coefficient (Wildman–Crippen LogP) is 8.24. The molecule has 2 unspecified atom stereocenters. The van der Waals surface area contributed by atoms with Gasteiger partial charge in [-0.3, -0.25) is 14.4 Å². The van der Waals surface area contributed by atoms with E-state index < -0.39 is 18.2 Å². The number of halogens is 3. The minimum absolute atomic E-state index is 0.00718. The smallest absolute Gasteiger partial charge is 0.490 e. The molecule has 1 aliphatic carbocycles. The van der Waals surface area contributed by atoms with Crippen molar-refractivity contribution < 1.29 is 32.5 Å². The van der Waals surface area contributed by atoms with E-state index in [0.717, 1.165) is 88.7 Å². The molecule has 0 spiro atoms. The predicted molar refractivity (Wildman–Crippen MR) is 176 cm³/mol. The van der Waals surface area contributed by atoms with Crippen LogP contribution < -0.4 is 9.47 Å². The fourth-order valence-electron chi connectivity index (χ4n) is 7.58. The van der Waals surface area contributed by atoms with Crippen molar-refractivity contribution in [2.24, 2.45) is 17.8 Å². The summed E-state index contributed by atoms with van der Waals surface area (Å²) in [7, 11) is 0. The van der Waals surface area contributed by atoms with Crippen LogP contribution in [-0.4, -0.2) is 56.5 Å². The number of benzene rings is 2. The fraction of sp³-hybridized carbons (Fsp3) is 0.595. The maximum absolute atomic E-state index is 13.3. The first kappa shape index (κ1) is 34.3. The number of aromatic nitrogens is 3. The van der Waals surface area contributed by atoms with Crippen LogP contribution in [0.3, 0.4) is 0 Å². The molecule has 0 amide bonds. The number of aryl methyl sites for hydroxylation is 2. The maximum atomic E-state index is 13.3. The minimum atomic E-state index is -4.79. The normalized spacial score (nSPS) is 20.1. The van der Waals surface area contributed by atoms with E-state index in [1.54, 1.807) is 23.7 Å². The number of carboxylic acid groups (broad SMARTS) is 1. The summed E-state index contributed by atoms with van der Waals surface area (Å²) in [6.45, 7) is 6.53. The van der Waals surface area contributed by atoms with Crippen LogP contribution >= 0.6 is 0 Å². The molecular formula is C37H47F3N4O4. The van der Waals surface area contributed by atoms with E-state index in [-0.39, 0.29) is 17.8 Å². The zero-order valence-corrected chi connectivity index (χ0v) is 27.9. The quantitative estimate of drug-likeness (QED) is 0.173. The summed E-state index contributed by atoms with van der Waals surface area (Å²) in [4.78, 5) is 14.0. The molecule has 3 aromatic rings. The lowest BCUT2D eigenvalue weighted by molar-refractivity contribution is -0.275. The molecule has 3 atom stereocenters. The molecule has 11 heteroatoms. The summed E-state index contributed by atoms with van der Waals surface area (Å²) >= 11 is 0. The van der Waals surface area contributed by atoms with Gasteiger partial charge >= 0.3 is 12.3 Å². The highest BCUT2D eigenvalue weighted by Gasteiger charge is 2.40. The first-order chi connectivity index (χ1) is 23.1. The molecule has 2 aliphatic heterocycles. The lowest BCUT2D eigenvalue weighted by atomic mass is 9.81. The number of carboxylic acids is 1. The number of nitrogens with zero attached hydrogens (tertiary/aromatic N) is 4. The molecule has 1 saturated carbocycles. The molecule has 1 aromatic heterocycles. The highest BCUT2D eigenvalue weighted by atomic mass is 19.4. The number of aliphatic carboxylic acids is 1. The van der Waals surface area contributed by atoms with Crippen LogP contribution in [-0.2, 0) is 24.3 Å². The number of unbranched alkanes of at least 4 members (excludes halogenated alkanes) is 3. The monoisotopic (exact) mass is 668 g/mol. The van der Waals surface area contributed by atoms with Gasteiger partial charge in [-0.25, -0.2) is 0 Å². The van der Waals surface area contributed by atoms with E-state index in [4.69, 9.17) is 4.74 Å². The van der Waals surface area contributed by atoms with Crippen molar-refractivity contribution in [3.05, 3.63) is 59.3 Å². The molecule has 8 nitrogen and oxygen atoms in total. The molecular weight excluding hydrogens is 621 g/mol. The third kappa shape index (κ3) is 8.51. The number of piperidine rings is 1. The van der Waals surface area contributed by atoms with E-state index >= 15 is 0 Å². The Bertz CT molecular complexity index is 1550. The lowest BCUT2D eigenvalue weighted by Gasteiger charge is -2.38. The molecule has 2 fully saturated rings. The van der Waals surface area contributed by atoms with Gasteiger partial charge in [0.25, 0.3) is 0 Å². The van der Waals surface area contributed by atoms with Gasteiger partial charge < -0.3 is 14.6 Å². The summed E-state index contributed by atoms with van der Waals surface area (Å²) in [5.41, 5.74) is 4.03. The number of hydrogen-bond acceptors (Lipinski definition) is 6. The van der Waals surface area contributed by atoms with Crippen molar-refractivity contribution in [2.45, 2.75) is 110 Å². The fourth-order valence-corrected chi connectivity index (χ4v) is 7.58. The molecule has 6 rings (SSSR count). The SMILES string of the molecule is CCCCCCn1cc(-c2ccc(OC(F)(F)F)c(CN3CCC([C@H]4CCc5ccc(C(C6CC6)C(C)C(=O)O)cc5O4)CC3)c2)nn1. The molecule has 260 valence electrons. The number of likely N-dealkylation sites (tertiary alicyclic amines) is 1. The molecule has 0 bridgehead atoms. The summed E-state index contributed by atoms with van der Waals surface area (Å²) in [6, 6.07) is 11.0. The van der Waals surface area contributed by atoms with Crippen LogP contribution in [0.4, 0.5) is 13.2 Å². The van der Waals surface area contributed by atoms with Crippen molar-refractivity contribution in [1.82, 2.24) is 19.9 Å². The maximum Gasteiger partial charge on any atom is 0.573 e. The molecule has 48 heavy (non-hydrogen) atoms. The Morgan fingerprint density at radius 1 is 1.06 bits per heavy atom. The number of rotatable bonds is 14. The number of hydrogen-bond donors (Lipinski definition) is 1. The van der Waals surface area contributed by atoms with Crippen LogP contribution in [0.25, 0.3) is 11.3 Å². The van der Waals surface area contributed by atoms with E-state index in [2.05, 4.69) is 45.1 Å². The standard InChI is InChI=1S/C37H47F3N4O4/c1-3-4-5-6-17-44-23-31(41-42-44)28-12-14-33(48-37(38,39)40)30(20-28)22-43-18-15-26(16-19-43)32-13-11-25-7-10-29(21-34(25)47-32)35(27-8-9-27)24(2)36(45)46/h7,10,12,14,20-21,23-24,26-27,32,35H,3-6,8-9,11,13,15-19,22H2,1-2H3,(H,45,46)/t24?,32-,35?/m1/s1. The second-order valence-electron chi connectivity index (χ2n) is 14.0. The largest absolute Gasteiger partial charge is 0.573 e. The molecule has 1 N–H and O–H groups in total. The molecule has 3 heterocycles. The zero-order valence-electron chi connectivity index (χ0n) is 27.9. The molecule has 1 saturated heterocycles. The Morgan fingerprint density at radius 2 is 1.85 bits per heavy atom. The van der Waals surface area contributed by atoms with Crippen molar-refractivity contribution in [2.75, 3.05) is 13.1 Å². The Kier molecular flexibility index (Phi) is 10.6. The summed E-state index contributed by atoms with van der Waals surface area (Å²) in [5, 5.41) is 18.3. The van der Waals surface area contributed by atoms with Gasteiger partial charge in [0.1, 0.15) is 23.3 Å². The summed E-state index contributed by atoms with van der Waals surface area (Å²) in [5.74, 6) is 0.210. The van der Waals surface area contributed by atoms with Gasteiger partial charge in [0.2, 0.25) is 0 Å². The Hall–Kier alpha value is -3.60. The third-order valence-electron chi connectivity index (χ3n) is 10.4. The van der Waals surface area contributed by atoms with Crippen molar-refractivity contribution in [3.8, 4) is 22.8 Å². The van der Waals surface area contributed by atoms with Gasteiger partial charge in [-0.2, -0.15) is 0 Å². The average Bonchev–Trinajstić information content (AvgIpc) is 3.78. The van der Waals surface area contributed by atoms with Gasteiger partial charge in [0.15, 0.2) is 0 Å². The van der Waals surface area contributed by atoms with E-state index in [1.165, 1.54) is 18.1 Å². The molecule has 3 aliphatic rings. The number of alkyl halides is 3. The van der Waals surface area contributed by atoms with Gasteiger partial charge in [0.05, 0.1) is 12.1 Å². The Balaban J connectivity index is 1.09. The number of carbonyl (C=O) groups is 1. The minimum Gasteiger partial charge on any atom is -0.490 e. The second kappa shape index (κ2) is 14.9. The van der Waals surface area contributed by atoms with E-state index in [0.29, 0.717) is 35.2 Å². The topological polar surface area (TPSA) is 89.7 Å². The van der Waals surface area contributed by atoms with Gasteiger partial charge in [-0.05, 0) is 111 Å². The van der Waals surface area contributed by atoms with Crippen molar-refractivity contribution in [3.63, 3.8) is 0 Å². The molecule has 0 radical (unpaired) electrons. The van der Waals surface area contributed by atoms with Crippen LogP contribution in [0.15, 0.2) is 42.6 Å². The lowest BCUT2D eigenvalue weighted by Crippen LogP contribution is -2.40. The Morgan fingerprint density at radius 3 is 2.56 bits per heavy atom. The van der Waals surface area contributed by atoms with Crippen LogP contribution in [0.5, 0.6) is 11.5 Å². The third-order valence-corrected chi connectivity index (χ3v) is 10.4. The van der Waals surface area contributed by atoms with Gasteiger partial charge in [-0.15, -0.1) is 18.3 Å². The van der Waals surface area contributed by atoms with Crippen LogP contribution in [0.1, 0.15) is 94.2 Å². The van der Waals surface area contributed by atoms with Crippen LogP contribution in [0.2, 0.25) is 0 Å². The number of fused-ring (bicyclic) bond motifs is 1. The van der Waals surface area contributed by atoms with Gasteiger partial charge in [-0.1, -0.05) is 50.5 Å². The first-order valence-corrected chi connectivity index (χ1v) is 17.6. The van der Waals surface area contributed by atoms with E-state index in [1.807, 2.05) is 6.20 Å². The summed E-state index contributed by atoms with van der Waals surface area (Å²) in [6.07, 6.45) is 7.28. The summed E-state index contributed by atoms with van der Waals surface area (Å²) < 4.78 is 52.9. The number of ether oxygens (including phenoxy) is 2. The average molecular weight is 669 g/mol. The Labute approximate surface area is 280 Å². The highest BCUT2D eigenvalue weighted by molar-refractivity contribution is 5.71. The van der Waals surface area contributed by atoms with Gasteiger partial charge in [0, 0.05) is 24.2 Å². The zero-order chi connectivity index (χ0) is 33.8. The second-order valence-corrected chi connectivity index (χ2v) is 14.0. The van der Waals surface area contributed by atoms with Crippen LogP contribution in [0, 0.1) is 17.8 Å². The molecule has 2 aromatic carbocycles. The van der Waals surface area contributed by atoms with Crippen molar-refractivity contribution >= 4 is 5.97 Å². The highest BCUT2D eigenvalue weighted by Crippen LogP contribution is 2.48.